The Morgan fingerprint density at radius 2 is 2.06 bits per heavy atom. The highest BCUT2D eigenvalue weighted by molar-refractivity contribution is 5.97. The predicted molar refractivity (Wildman–Crippen MR) is 61.7 cm³/mol. The largest absolute Gasteiger partial charge is 0.480 e. The van der Waals surface area contributed by atoms with Crippen molar-refractivity contribution >= 4 is 11.9 Å². The van der Waals surface area contributed by atoms with Crippen molar-refractivity contribution in [2.24, 2.45) is 0 Å². The number of amides is 1. The van der Waals surface area contributed by atoms with Crippen LogP contribution in [0, 0.1) is 0 Å². The van der Waals surface area contributed by atoms with Crippen LogP contribution in [0.25, 0.3) is 0 Å². The molecule has 0 heterocycles. The Bertz CT molecular complexity index is 417. The Morgan fingerprint density at radius 1 is 1.41 bits per heavy atom. The Balaban J connectivity index is 2.84. The fourth-order valence-electron chi connectivity index (χ4n) is 1.36. The van der Waals surface area contributed by atoms with Crippen LogP contribution in [0.3, 0.4) is 0 Å². The molecule has 0 aliphatic heterocycles. The minimum absolute atomic E-state index is 0.311. The standard InChI is InChI=1S/C12H15NO4/c1-8(12(15)16)13-11(14)10-6-4-3-5-9(10)7-17-2/h3-6,8H,7H2,1-2H3,(H,13,14)(H,15,16)/t8-/m1/s1. The summed E-state index contributed by atoms with van der Waals surface area (Å²) in [5.74, 6) is -1.48. The Hall–Kier alpha value is -1.88. The summed E-state index contributed by atoms with van der Waals surface area (Å²) >= 11 is 0. The van der Waals surface area contributed by atoms with Gasteiger partial charge in [0.2, 0.25) is 0 Å². The summed E-state index contributed by atoms with van der Waals surface area (Å²) in [6, 6.07) is 6.01. The highest BCUT2D eigenvalue weighted by Gasteiger charge is 2.17. The number of hydrogen-bond donors (Lipinski definition) is 2. The molecular weight excluding hydrogens is 222 g/mol. The number of carboxylic acids is 1. The molecule has 0 saturated carbocycles. The molecule has 2 N–H and O–H groups in total. The molecule has 5 heteroatoms. The maximum Gasteiger partial charge on any atom is 0.325 e. The molecule has 0 fully saturated rings. The van der Waals surface area contributed by atoms with Crippen molar-refractivity contribution in [3.63, 3.8) is 0 Å². The van der Waals surface area contributed by atoms with Gasteiger partial charge in [-0.15, -0.1) is 0 Å². The van der Waals surface area contributed by atoms with Crippen molar-refractivity contribution in [3.05, 3.63) is 35.4 Å². The van der Waals surface area contributed by atoms with E-state index in [0.29, 0.717) is 12.2 Å². The molecule has 0 aliphatic carbocycles. The highest BCUT2D eigenvalue weighted by atomic mass is 16.5. The van der Waals surface area contributed by atoms with E-state index in [1.54, 1.807) is 24.3 Å². The van der Waals surface area contributed by atoms with E-state index in [1.165, 1.54) is 14.0 Å². The normalized spacial score (nSPS) is 11.9. The zero-order valence-electron chi connectivity index (χ0n) is 9.77. The first-order chi connectivity index (χ1) is 8.06. The van der Waals surface area contributed by atoms with Gasteiger partial charge in [-0.1, -0.05) is 18.2 Å². The second-order valence-electron chi connectivity index (χ2n) is 3.62. The van der Waals surface area contributed by atoms with Gasteiger partial charge < -0.3 is 15.2 Å². The van der Waals surface area contributed by atoms with Crippen molar-refractivity contribution in [2.75, 3.05) is 7.11 Å². The van der Waals surface area contributed by atoms with Crippen molar-refractivity contribution in [2.45, 2.75) is 19.6 Å². The van der Waals surface area contributed by atoms with Crippen molar-refractivity contribution in [1.82, 2.24) is 5.32 Å². The van der Waals surface area contributed by atoms with Gasteiger partial charge in [0, 0.05) is 12.7 Å². The van der Waals surface area contributed by atoms with E-state index in [4.69, 9.17) is 9.84 Å². The van der Waals surface area contributed by atoms with Crippen LogP contribution in [-0.4, -0.2) is 30.1 Å². The zero-order chi connectivity index (χ0) is 12.8. The number of benzene rings is 1. The van der Waals surface area contributed by atoms with Gasteiger partial charge in [-0.3, -0.25) is 9.59 Å². The molecule has 0 saturated heterocycles. The van der Waals surface area contributed by atoms with Crippen molar-refractivity contribution < 1.29 is 19.4 Å². The molecule has 0 aromatic heterocycles. The van der Waals surface area contributed by atoms with Gasteiger partial charge in [0.1, 0.15) is 6.04 Å². The van der Waals surface area contributed by atoms with Crippen LogP contribution in [0.1, 0.15) is 22.8 Å². The zero-order valence-corrected chi connectivity index (χ0v) is 9.77. The monoisotopic (exact) mass is 237 g/mol. The highest BCUT2D eigenvalue weighted by Crippen LogP contribution is 2.10. The van der Waals surface area contributed by atoms with E-state index in [1.807, 2.05) is 0 Å². The predicted octanol–water partition coefficient (Wildman–Crippen LogP) is 1.04. The molecule has 0 bridgehead atoms. The summed E-state index contributed by atoms with van der Waals surface area (Å²) < 4.78 is 4.97. The molecular formula is C12H15NO4. The van der Waals surface area contributed by atoms with Crippen LogP contribution >= 0.6 is 0 Å². The van der Waals surface area contributed by atoms with E-state index in [-0.39, 0.29) is 0 Å². The molecule has 0 spiro atoms. The minimum Gasteiger partial charge on any atom is -0.480 e. The number of aliphatic carboxylic acids is 1. The van der Waals surface area contributed by atoms with E-state index in [0.717, 1.165) is 5.56 Å². The lowest BCUT2D eigenvalue weighted by molar-refractivity contribution is -0.138. The van der Waals surface area contributed by atoms with Crippen molar-refractivity contribution in [3.8, 4) is 0 Å². The first-order valence-electron chi connectivity index (χ1n) is 5.16. The van der Waals surface area contributed by atoms with E-state index < -0.39 is 17.9 Å². The average Bonchev–Trinajstić information content (AvgIpc) is 2.29. The minimum atomic E-state index is -1.07. The van der Waals surface area contributed by atoms with Crippen LogP contribution in [0.5, 0.6) is 0 Å². The molecule has 1 aromatic carbocycles. The summed E-state index contributed by atoms with van der Waals surface area (Å²) in [5.41, 5.74) is 1.16. The van der Waals surface area contributed by atoms with Crippen LogP contribution < -0.4 is 5.32 Å². The molecule has 1 amide bonds. The lowest BCUT2D eigenvalue weighted by Gasteiger charge is -2.12. The number of methoxy groups -OCH3 is 1. The number of rotatable bonds is 5. The molecule has 1 aromatic rings. The molecule has 1 rings (SSSR count). The first-order valence-corrected chi connectivity index (χ1v) is 5.16. The van der Waals surface area contributed by atoms with Gasteiger partial charge in [-0.25, -0.2) is 0 Å². The van der Waals surface area contributed by atoms with E-state index in [9.17, 15) is 9.59 Å². The fourth-order valence-corrected chi connectivity index (χ4v) is 1.36. The Kier molecular flexibility index (Phi) is 4.66. The fraction of sp³-hybridized carbons (Fsp3) is 0.333. The number of ether oxygens (including phenoxy) is 1. The number of carboxylic acid groups (broad SMARTS) is 1. The lowest BCUT2D eigenvalue weighted by atomic mass is 10.1. The van der Waals surface area contributed by atoms with E-state index >= 15 is 0 Å². The summed E-state index contributed by atoms with van der Waals surface area (Å²) in [4.78, 5) is 22.5. The van der Waals surface area contributed by atoms with Gasteiger partial charge >= 0.3 is 5.97 Å². The Labute approximate surface area is 99.4 Å². The third-order valence-corrected chi connectivity index (χ3v) is 2.28. The third kappa shape index (κ3) is 3.57. The first kappa shape index (κ1) is 13.2. The van der Waals surface area contributed by atoms with Crippen LogP contribution in [0.4, 0.5) is 0 Å². The van der Waals surface area contributed by atoms with Gasteiger partial charge in [-0.05, 0) is 18.6 Å². The average molecular weight is 237 g/mol. The SMILES string of the molecule is COCc1ccccc1C(=O)N[C@H](C)C(=O)O. The quantitative estimate of drug-likeness (QED) is 0.802. The van der Waals surface area contributed by atoms with Crippen LogP contribution in [0.2, 0.25) is 0 Å². The van der Waals surface area contributed by atoms with Gasteiger partial charge in [-0.2, -0.15) is 0 Å². The summed E-state index contributed by atoms with van der Waals surface area (Å²) in [6.07, 6.45) is 0. The summed E-state index contributed by atoms with van der Waals surface area (Å²) in [7, 11) is 1.54. The molecule has 5 nitrogen and oxygen atoms in total. The number of hydrogen-bond acceptors (Lipinski definition) is 3. The smallest absolute Gasteiger partial charge is 0.325 e. The van der Waals surface area contributed by atoms with Crippen LogP contribution in [-0.2, 0) is 16.1 Å². The van der Waals surface area contributed by atoms with Gasteiger partial charge in [0.05, 0.1) is 6.61 Å². The topological polar surface area (TPSA) is 75.6 Å². The van der Waals surface area contributed by atoms with E-state index in [2.05, 4.69) is 5.32 Å². The second-order valence-corrected chi connectivity index (χ2v) is 3.62. The number of nitrogens with one attached hydrogen (secondary N) is 1. The summed E-state index contributed by atoms with van der Waals surface area (Å²) in [5, 5.41) is 11.1. The molecule has 0 radical (unpaired) electrons. The lowest BCUT2D eigenvalue weighted by Crippen LogP contribution is -2.38. The second kappa shape index (κ2) is 6.00. The maximum absolute atomic E-state index is 11.8. The third-order valence-electron chi connectivity index (χ3n) is 2.28. The molecule has 17 heavy (non-hydrogen) atoms. The molecule has 92 valence electrons. The molecule has 0 unspecified atom stereocenters. The summed E-state index contributed by atoms with van der Waals surface area (Å²) in [6.45, 7) is 1.73. The number of carbonyl (C=O) groups excluding carboxylic acids is 1. The van der Waals surface area contributed by atoms with Crippen LogP contribution in [0.15, 0.2) is 24.3 Å². The molecule has 0 aliphatic rings. The number of carbonyl (C=O) groups is 2. The Morgan fingerprint density at radius 3 is 2.65 bits per heavy atom. The maximum atomic E-state index is 11.8. The van der Waals surface area contributed by atoms with Gasteiger partial charge in [0.25, 0.3) is 5.91 Å². The van der Waals surface area contributed by atoms with Gasteiger partial charge in [0.15, 0.2) is 0 Å². The van der Waals surface area contributed by atoms with Crippen molar-refractivity contribution in [1.29, 1.82) is 0 Å². The molecule has 1 atom stereocenters.